The molecule has 0 spiro atoms. The van der Waals surface area contributed by atoms with Gasteiger partial charge in [0.15, 0.2) is 0 Å². The number of aromatic nitrogens is 2. The Hall–Kier alpha value is -1.56. The average Bonchev–Trinajstić information content (AvgIpc) is 3.12. The zero-order valence-electron chi connectivity index (χ0n) is 12.9. The van der Waals surface area contributed by atoms with Crippen LogP contribution in [0.1, 0.15) is 29.4 Å². The smallest absolute Gasteiger partial charge is 0.257 e. The van der Waals surface area contributed by atoms with E-state index < -0.39 is 0 Å². The van der Waals surface area contributed by atoms with E-state index in [0.29, 0.717) is 30.1 Å². The molecule has 0 saturated carbocycles. The van der Waals surface area contributed by atoms with Crippen LogP contribution in [0, 0.1) is 0 Å². The fourth-order valence-electron chi connectivity index (χ4n) is 2.87. The fraction of sp³-hybridized carbons (Fsp3) is 0.375. The fourth-order valence-corrected chi connectivity index (χ4v) is 3.05. The molecule has 3 rings (SSSR count). The van der Waals surface area contributed by atoms with Gasteiger partial charge in [-0.05, 0) is 31.0 Å². The molecule has 1 fully saturated rings. The third-order valence-electron chi connectivity index (χ3n) is 4.00. The first-order valence-electron chi connectivity index (χ1n) is 7.48. The number of benzene rings is 1. The second kappa shape index (κ2) is 7.34. The van der Waals surface area contributed by atoms with Crippen LogP contribution in [-0.4, -0.2) is 39.7 Å². The van der Waals surface area contributed by atoms with Crippen molar-refractivity contribution in [3.8, 4) is 5.69 Å². The Morgan fingerprint density at radius 3 is 2.87 bits per heavy atom. The van der Waals surface area contributed by atoms with Crippen molar-refractivity contribution in [2.24, 2.45) is 5.73 Å². The van der Waals surface area contributed by atoms with Gasteiger partial charge in [0.1, 0.15) is 0 Å². The Morgan fingerprint density at radius 1 is 1.48 bits per heavy atom. The van der Waals surface area contributed by atoms with Gasteiger partial charge in [-0.25, -0.2) is 4.68 Å². The normalized spacial score (nSPS) is 17.2. The molecular weight excluding hydrogens is 335 g/mol. The molecular formula is C16H20Cl2N4O. The highest BCUT2D eigenvalue weighted by Gasteiger charge is 2.27. The molecule has 1 aromatic carbocycles. The standard InChI is InChI=1S/C16H19ClN4O.ClH/c1-2-15-14(16(22)20-7-6-12(18)10-20)9-19-21(15)13-5-3-4-11(17)8-13;/h3-5,8-9,12H,2,6-7,10,18H2,1H3;1H/t12-;/m1./s1. The molecule has 7 heteroatoms. The Morgan fingerprint density at radius 2 is 2.26 bits per heavy atom. The second-order valence-electron chi connectivity index (χ2n) is 5.55. The first-order valence-corrected chi connectivity index (χ1v) is 7.85. The van der Waals surface area contributed by atoms with Crippen LogP contribution in [-0.2, 0) is 6.42 Å². The van der Waals surface area contributed by atoms with Gasteiger partial charge in [-0.3, -0.25) is 4.79 Å². The monoisotopic (exact) mass is 354 g/mol. The number of nitrogens with zero attached hydrogens (tertiary/aromatic N) is 3. The van der Waals surface area contributed by atoms with Crippen LogP contribution in [0.5, 0.6) is 0 Å². The van der Waals surface area contributed by atoms with Crippen molar-refractivity contribution in [1.29, 1.82) is 0 Å². The molecule has 0 radical (unpaired) electrons. The van der Waals surface area contributed by atoms with Crippen LogP contribution in [0.2, 0.25) is 5.02 Å². The van der Waals surface area contributed by atoms with Crippen LogP contribution in [0.15, 0.2) is 30.5 Å². The zero-order valence-corrected chi connectivity index (χ0v) is 14.5. The number of hydrogen-bond acceptors (Lipinski definition) is 3. The summed E-state index contributed by atoms with van der Waals surface area (Å²) in [5.41, 5.74) is 8.30. The largest absolute Gasteiger partial charge is 0.337 e. The number of amides is 1. The molecule has 1 amide bonds. The van der Waals surface area contributed by atoms with Gasteiger partial charge in [0.25, 0.3) is 5.91 Å². The molecule has 2 N–H and O–H groups in total. The number of nitrogens with two attached hydrogens (primary N) is 1. The van der Waals surface area contributed by atoms with Crippen molar-refractivity contribution >= 4 is 29.9 Å². The molecule has 5 nitrogen and oxygen atoms in total. The van der Waals surface area contributed by atoms with Crippen molar-refractivity contribution in [3.05, 3.63) is 46.7 Å². The first kappa shape index (κ1) is 17.8. The summed E-state index contributed by atoms with van der Waals surface area (Å²) in [7, 11) is 0. The Kier molecular flexibility index (Phi) is 5.68. The summed E-state index contributed by atoms with van der Waals surface area (Å²) >= 11 is 6.05. The van der Waals surface area contributed by atoms with Crippen molar-refractivity contribution in [3.63, 3.8) is 0 Å². The molecule has 0 unspecified atom stereocenters. The van der Waals surface area contributed by atoms with Crippen LogP contribution in [0.4, 0.5) is 0 Å². The highest BCUT2D eigenvalue weighted by atomic mass is 35.5. The Labute approximate surface area is 146 Å². The van der Waals surface area contributed by atoms with Gasteiger partial charge in [-0.15, -0.1) is 12.4 Å². The summed E-state index contributed by atoms with van der Waals surface area (Å²) in [5.74, 6) is 0.0121. The van der Waals surface area contributed by atoms with Gasteiger partial charge in [0.2, 0.25) is 0 Å². The maximum atomic E-state index is 12.7. The lowest BCUT2D eigenvalue weighted by molar-refractivity contribution is 0.0790. The highest BCUT2D eigenvalue weighted by Crippen LogP contribution is 2.21. The molecule has 1 aliphatic rings. The second-order valence-corrected chi connectivity index (χ2v) is 5.99. The van der Waals surface area contributed by atoms with E-state index in [4.69, 9.17) is 17.3 Å². The molecule has 1 aliphatic heterocycles. The number of likely N-dealkylation sites (tertiary alicyclic amines) is 1. The SMILES string of the molecule is CCc1c(C(=O)N2CC[C@@H](N)C2)cnn1-c1cccc(Cl)c1.Cl. The van der Waals surface area contributed by atoms with Gasteiger partial charge >= 0.3 is 0 Å². The highest BCUT2D eigenvalue weighted by molar-refractivity contribution is 6.30. The minimum absolute atomic E-state index is 0. The Balaban J connectivity index is 0.00000192. The topological polar surface area (TPSA) is 64.2 Å². The van der Waals surface area contributed by atoms with E-state index in [2.05, 4.69) is 5.10 Å². The van der Waals surface area contributed by atoms with E-state index >= 15 is 0 Å². The molecule has 2 aromatic rings. The maximum Gasteiger partial charge on any atom is 0.257 e. The third-order valence-corrected chi connectivity index (χ3v) is 4.23. The summed E-state index contributed by atoms with van der Waals surface area (Å²) in [6.45, 7) is 3.35. The molecule has 124 valence electrons. The van der Waals surface area contributed by atoms with Crippen molar-refractivity contribution in [2.75, 3.05) is 13.1 Å². The van der Waals surface area contributed by atoms with Crippen LogP contribution < -0.4 is 5.73 Å². The summed E-state index contributed by atoms with van der Waals surface area (Å²) in [5, 5.41) is 5.04. The van der Waals surface area contributed by atoms with Gasteiger partial charge in [-0.2, -0.15) is 5.10 Å². The van der Waals surface area contributed by atoms with Gasteiger partial charge in [0, 0.05) is 24.2 Å². The molecule has 2 heterocycles. The first-order chi connectivity index (χ1) is 10.6. The van der Waals surface area contributed by atoms with E-state index in [0.717, 1.165) is 17.8 Å². The number of hydrogen-bond donors (Lipinski definition) is 1. The van der Waals surface area contributed by atoms with Crippen molar-refractivity contribution < 1.29 is 4.79 Å². The average molecular weight is 355 g/mol. The molecule has 1 aromatic heterocycles. The minimum atomic E-state index is 0. The predicted molar refractivity (Wildman–Crippen MR) is 93.7 cm³/mol. The molecule has 0 aliphatic carbocycles. The summed E-state index contributed by atoms with van der Waals surface area (Å²) < 4.78 is 1.79. The summed E-state index contributed by atoms with van der Waals surface area (Å²) in [4.78, 5) is 14.5. The third kappa shape index (κ3) is 3.52. The number of carbonyl (C=O) groups is 1. The lowest BCUT2D eigenvalue weighted by atomic mass is 10.1. The molecule has 1 atom stereocenters. The molecule has 1 saturated heterocycles. The minimum Gasteiger partial charge on any atom is -0.337 e. The van der Waals surface area contributed by atoms with E-state index in [1.807, 2.05) is 36.1 Å². The number of halogens is 2. The zero-order chi connectivity index (χ0) is 15.7. The number of carbonyl (C=O) groups excluding carboxylic acids is 1. The Bertz CT molecular complexity index is 701. The summed E-state index contributed by atoms with van der Waals surface area (Å²) in [6.07, 6.45) is 3.22. The van der Waals surface area contributed by atoms with Gasteiger partial charge < -0.3 is 10.6 Å². The van der Waals surface area contributed by atoms with E-state index in [1.54, 1.807) is 10.9 Å². The molecule has 0 bridgehead atoms. The van der Waals surface area contributed by atoms with Gasteiger partial charge in [-0.1, -0.05) is 24.6 Å². The lowest BCUT2D eigenvalue weighted by Crippen LogP contribution is -2.32. The van der Waals surface area contributed by atoms with Gasteiger partial charge in [0.05, 0.1) is 23.1 Å². The van der Waals surface area contributed by atoms with E-state index in [-0.39, 0.29) is 24.4 Å². The lowest BCUT2D eigenvalue weighted by Gasteiger charge is -2.16. The quantitative estimate of drug-likeness (QED) is 0.921. The van der Waals surface area contributed by atoms with E-state index in [9.17, 15) is 4.79 Å². The van der Waals surface area contributed by atoms with Crippen molar-refractivity contribution in [2.45, 2.75) is 25.8 Å². The summed E-state index contributed by atoms with van der Waals surface area (Å²) in [6, 6.07) is 7.54. The van der Waals surface area contributed by atoms with E-state index in [1.165, 1.54) is 0 Å². The molecule has 23 heavy (non-hydrogen) atoms. The predicted octanol–water partition coefficient (Wildman–Crippen LogP) is 2.68. The maximum absolute atomic E-state index is 12.7. The van der Waals surface area contributed by atoms with Crippen LogP contribution in [0.25, 0.3) is 5.69 Å². The number of rotatable bonds is 3. The van der Waals surface area contributed by atoms with Crippen LogP contribution >= 0.6 is 24.0 Å². The van der Waals surface area contributed by atoms with Crippen LogP contribution in [0.3, 0.4) is 0 Å². The van der Waals surface area contributed by atoms with Crippen molar-refractivity contribution in [1.82, 2.24) is 14.7 Å².